The molecule has 0 spiro atoms. The van der Waals surface area contributed by atoms with Crippen LogP contribution in [0.3, 0.4) is 0 Å². The van der Waals surface area contributed by atoms with Crippen LogP contribution in [0.4, 0.5) is 0 Å². The molecule has 3 atom stereocenters. The van der Waals surface area contributed by atoms with Crippen LogP contribution in [0.15, 0.2) is 11.4 Å². The fourth-order valence-corrected chi connectivity index (χ4v) is 4.13. The predicted octanol–water partition coefficient (Wildman–Crippen LogP) is 4.20. The van der Waals surface area contributed by atoms with E-state index in [1.165, 1.54) is 6.42 Å². The maximum atomic E-state index is 10.7. The predicted molar refractivity (Wildman–Crippen MR) is 74.3 cm³/mol. The third-order valence-corrected chi connectivity index (χ3v) is 5.43. The Kier molecular flexibility index (Phi) is 4.09. The zero-order valence-electron chi connectivity index (χ0n) is 11.1. The van der Waals surface area contributed by atoms with Crippen molar-refractivity contribution in [1.29, 1.82) is 5.26 Å². The first kappa shape index (κ1) is 13.6. The molecule has 1 N–H and O–H groups in total. The molecule has 3 unspecified atom stereocenters. The van der Waals surface area contributed by atoms with Gasteiger partial charge in [-0.05, 0) is 42.7 Å². The largest absolute Gasteiger partial charge is 0.386 e. The van der Waals surface area contributed by atoms with Crippen molar-refractivity contribution in [3.8, 4) is 6.07 Å². The Bertz CT molecular complexity index is 448. The first-order valence-electron chi connectivity index (χ1n) is 6.76. The van der Waals surface area contributed by atoms with E-state index in [0.29, 0.717) is 5.92 Å². The summed E-state index contributed by atoms with van der Waals surface area (Å²) in [5, 5.41) is 22.3. The molecule has 0 aliphatic heterocycles. The smallest absolute Gasteiger partial charge is 0.107 e. The molecule has 1 aromatic heterocycles. The van der Waals surface area contributed by atoms with Gasteiger partial charge in [-0.3, -0.25) is 0 Å². The highest BCUT2D eigenvalue weighted by Crippen LogP contribution is 2.49. The first-order valence-corrected chi connectivity index (χ1v) is 7.64. The number of aryl methyl sites for hydroxylation is 1. The molecule has 2 rings (SSSR count). The van der Waals surface area contributed by atoms with Crippen LogP contribution < -0.4 is 0 Å². The highest BCUT2D eigenvalue weighted by Gasteiger charge is 2.43. The van der Waals surface area contributed by atoms with Crippen LogP contribution in [-0.4, -0.2) is 5.11 Å². The molecule has 1 aliphatic carbocycles. The SMILES string of the molecule is CCC1CCCC(C#N)(C(O)c2sccc2C)C1. The van der Waals surface area contributed by atoms with Gasteiger partial charge in [-0.2, -0.15) is 5.26 Å². The number of hydrogen-bond acceptors (Lipinski definition) is 3. The molecule has 0 bridgehead atoms. The minimum Gasteiger partial charge on any atom is -0.386 e. The van der Waals surface area contributed by atoms with Gasteiger partial charge in [-0.25, -0.2) is 0 Å². The molecule has 0 aromatic carbocycles. The van der Waals surface area contributed by atoms with Crippen molar-refractivity contribution in [1.82, 2.24) is 0 Å². The summed E-state index contributed by atoms with van der Waals surface area (Å²) < 4.78 is 0. The second kappa shape index (κ2) is 5.42. The zero-order valence-corrected chi connectivity index (χ0v) is 12.0. The Morgan fingerprint density at radius 1 is 1.67 bits per heavy atom. The van der Waals surface area contributed by atoms with Crippen LogP contribution >= 0.6 is 11.3 Å². The molecule has 98 valence electrons. The topological polar surface area (TPSA) is 44.0 Å². The van der Waals surface area contributed by atoms with Crippen molar-refractivity contribution >= 4 is 11.3 Å². The summed E-state index contributed by atoms with van der Waals surface area (Å²) >= 11 is 1.57. The molecule has 1 heterocycles. The number of thiophene rings is 1. The molecule has 1 aromatic rings. The third-order valence-electron chi connectivity index (χ3n) is 4.36. The monoisotopic (exact) mass is 263 g/mol. The van der Waals surface area contributed by atoms with Crippen LogP contribution in [-0.2, 0) is 0 Å². The highest BCUT2D eigenvalue weighted by molar-refractivity contribution is 7.10. The molecule has 3 heteroatoms. The number of nitriles is 1. The summed E-state index contributed by atoms with van der Waals surface area (Å²) in [6.07, 6.45) is 4.44. The molecule has 1 fully saturated rings. The molecule has 18 heavy (non-hydrogen) atoms. The number of nitrogens with zero attached hydrogens (tertiary/aromatic N) is 1. The van der Waals surface area contributed by atoms with Gasteiger partial charge in [-0.1, -0.05) is 26.2 Å². The molecule has 1 aliphatic rings. The van der Waals surface area contributed by atoms with Gasteiger partial charge in [0.05, 0.1) is 11.5 Å². The summed E-state index contributed by atoms with van der Waals surface area (Å²) in [7, 11) is 0. The molecule has 0 radical (unpaired) electrons. The lowest BCUT2D eigenvalue weighted by molar-refractivity contribution is 0.0206. The average molecular weight is 263 g/mol. The van der Waals surface area contributed by atoms with Gasteiger partial charge in [0, 0.05) is 4.88 Å². The fourth-order valence-electron chi connectivity index (χ4n) is 3.10. The zero-order chi connectivity index (χ0) is 13.2. The minimum absolute atomic E-state index is 0.561. The minimum atomic E-state index is -0.614. The number of hydrogen-bond donors (Lipinski definition) is 1. The van der Waals surface area contributed by atoms with Crippen LogP contribution in [0, 0.1) is 29.6 Å². The van der Waals surface area contributed by atoms with E-state index in [2.05, 4.69) is 13.0 Å². The lowest BCUT2D eigenvalue weighted by Crippen LogP contribution is -2.33. The lowest BCUT2D eigenvalue weighted by Gasteiger charge is -2.38. The van der Waals surface area contributed by atoms with E-state index in [4.69, 9.17) is 0 Å². The maximum absolute atomic E-state index is 10.7. The van der Waals surface area contributed by atoms with Crippen molar-refractivity contribution < 1.29 is 5.11 Å². The van der Waals surface area contributed by atoms with Crippen molar-refractivity contribution in [2.75, 3.05) is 0 Å². The highest BCUT2D eigenvalue weighted by atomic mass is 32.1. The van der Waals surface area contributed by atoms with Crippen LogP contribution in [0.25, 0.3) is 0 Å². The van der Waals surface area contributed by atoms with Gasteiger partial charge in [0.2, 0.25) is 0 Å². The number of rotatable bonds is 3. The molecular formula is C15H21NOS. The second-order valence-electron chi connectivity index (χ2n) is 5.51. The summed E-state index contributed by atoms with van der Waals surface area (Å²) in [6, 6.07) is 4.48. The van der Waals surface area contributed by atoms with Gasteiger partial charge in [0.15, 0.2) is 0 Å². The number of aliphatic hydroxyl groups is 1. The van der Waals surface area contributed by atoms with E-state index < -0.39 is 11.5 Å². The quantitative estimate of drug-likeness (QED) is 0.888. The van der Waals surface area contributed by atoms with Crippen molar-refractivity contribution in [3.63, 3.8) is 0 Å². The Morgan fingerprint density at radius 2 is 2.44 bits per heavy atom. The molecule has 2 nitrogen and oxygen atoms in total. The normalized spacial score (nSPS) is 29.8. The van der Waals surface area contributed by atoms with Gasteiger partial charge in [-0.15, -0.1) is 11.3 Å². The third kappa shape index (κ3) is 2.32. The van der Waals surface area contributed by atoms with E-state index >= 15 is 0 Å². The summed E-state index contributed by atoms with van der Waals surface area (Å²) in [5.74, 6) is 0.591. The first-order chi connectivity index (χ1) is 8.63. The lowest BCUT2D eigenvalue weighted by atomic mass is 9.66. The average Bonchev–Trinajstić information content (AvgIpc) is 2.84. The molecular weight excluding hydrogens is 242 g/mol. The van der Waals surface area contributed by atoms with Crippen LogP contribution in [0.1, 0.15) is 55.6 Å². The van der Waals surface area contributed by atoms with Crippen LogP contribution in [0.5, 0.6) is 0 Å². The number of aliphatic hydroxyl groups excluding tert-OH is 1. The summed E-state index contributed by atoms with van der Waals surface area (Å²) in [5.41, 5.74) is 0.551. The van der Waals surface area contributed by atoms with Crippen molar-refractivity contribution in [2.45, 2.75) is 52.1 Å². The van der Waals surface area contributed by atoms with Crippen molar-refractivity contribution in [3.05, 3.63) is 21.9 Å². The fraction of sp³-hybridized carbons (Fsp3) is 0.667. The van der Waals surface area contributed by atoms with E-state index in [1.54, 1.807) is 11.3 Å². The van der Waals surface area contributed by atoms with Crippen LogP contribution in [0.2, 0.25) is 0 Å². The molecule has 0 amide bonds. The molecule has 1 saturated carbocycles. The Morgan fingerprint density at radius 3 is 3.00 bits per heavy atom. The Hall–Kier alpha value is -0.850. The van der Waals surface area contributed by atoms with Gasteiger partial charge in [0.1, 0.15) is 6.10 Å². The van der Waals surface area contributed by atoms with E-state index in [1.807, 2.05) is 18.4 Å². The van der Waals surface area contributed by atoms with Gasteiger partial charge < -0.3 is 5.11 Å². The van der Waals surface area contributed by atoms with Gasteiger partial charge in [0.25, 0.3) is 0 Å². The Balaban J connectivity index is 2.27. The van der Waals surface area contributed by atoms with E-state index in [-0.39, 0.29) is 0 Å². The maximum Gasteiger partial charge on any atom is 0.107 e. The van der Waals surface area contributed by atoms with Crippen molar-refractivity contribution in [2.24, 2.45) is 11.3 Å². The Labute approximate surface area is 113 Å². The standard InChI is InChI=1S/C15H21NOS/c1-3-12-5-4-7-15(9-12,10-16)14(17)13-11(2)6-8-18-13/h6,8,12,14,17H,3-5,7,9H2,1-2H3. The molecule has 0 saturated heterocycles. The second-order valence-corrected chi connectivity index (χ2v) is 6.46. The van der Waals surface area contributed by atoms with Gasteiger partial charge >= 0.3 is 0 Å². The van der Waals surface area contributed by atoms with E-state index in [9.17, 15) is 10.4 Å². The summed E-state index contributed by atoms with van der Waals surface area (Å²) in [4.78, 5) is 0.980. The van der Waals surface area contributed by atoms with E-state index in [0.717, 1.165) is 36.1 Å². The summed E-state index contributed by atoms with van der Waals surface area (Å²) in [6.45, 7) is 4.20.